The highest BCUT2D eigenvalue weighted by atomic mass is 32.2. The summed E-state index contributed by atoms with van der Waals surface area (Å²) in [7, 11) is -3.55. The maximum atomic E-state index is 12.0. The van der Waals surface area contributed by atoms with Crippen molar-refractivity contribution in [2.45, 2.75) is 49.7 Å². The second-order valence-electron chi connectivity index (χ2n) is 4.72. The van der Waals surface area contributed by atoms with Gasteiger partial charge >= 0.3 is 0 Å². The van der Waals surface area contributed by atoms with E-state index in [4.69, 9.17) is 0 Å². The molecule has 0 saturated carbocycles. The van der Waals surface area contributed by atoms with Gasteiger partial charge in [0.15, 0.2) is 9.84 Å². The van der Waals surface area contributed by atoms with Crippen molar-refractivity contribution >= 4 is 9.84 Å². The Balaban J connectivity index is 2.58. The van der Waals surface area contributed by atoms with E-state index in [1.54, 1.807) is 18.2 Å². The Morgan fingerprint density at radius 1 is 1.05 bits per heavy atom. The number of aliphatic hydroxyl groups excluding tert-OH is 2. The molecule has 1 rings (SSSR count). The van der Waals surface area contributed by atoms with E-state index in [1.807, 2.05) is 6.92 Å². The number of benzene rings is 1. The van der Waals surface area contributed by atoms with E-state index in [-0.39, 0.29) is 4.90 Å². The molecule has 2 N–H and O–H groups in total. The van der Waals surface area contributed by atoms with E-state index in [9.17, 15) is 18.6 Å². The van der Waals surface area contributed by atoms with Crippen LogP contribution in [0, 0.1) is 0 Å². The van der Waals surface area contributed by atoms with Crippen molar-refractivity contribution in [2.75, 3.05) is 5.75 Å². The van der Waals surface area contributed by atoms with Crippen LogP contribution in [-0.4, -0.2) is 36.6 Å². The Hall–Kier alpha value is -0.910. The monoisotopic (exact) mass is 286 g/mol. The van der Waals surface area contributed by atoms with Crippen LogP contribution in [-0.2, 0) is 9.84 Å². The summed E-state index contributed by atoms with van der Waals surface area (Å²) in [6.07, 6.45) is 0.992. The first kappa shape index (κ1) is 16.1. The van der Waals surface area contributed by atoms with Crippen LogP contribution in [0.4, 0.5) is 0 Å². The van der Waals surface area contributed by atoms with E-state index >= 15 is 0 Å². The lowest BCUT2D eigenvalue weighted by molar-refractivity contribution is 0.0266. The van der Waals surface area contributed by atoms with Crippen LogP contribution < -0.4 is 0 Å². The van der Waals surface area contributed by atoms with Crippen molar-refractivity contribution in [3.63, 3.8) is 0 Å². The molecule has 0 amide bonds. The van der Waals surface area contributed by atoms with Crippen LogP contribution in [0.2, 0.25) is 0 Å². The zero-order valence-corrected chi connectivity index (χ0v) is 12.0. The quantitative estimate of drug-likeness (QED) is 0.714. The van der Waals surface area contributed by atoms with Gasteiger partial charge in [-0.05, 0) is 18.6 Å². The number of unbranched alkanes of at least 4 members (excludes halogenated alkanes) is 2. The first-order valence-corrected chi connectivity index (χ1v) is 8.26. The van der Waals surface area contributed by atoms with Crippen molar-refractivity contribution in [1.29, 1.82) is 0 Å². The van der Waals surface area contributed by atoms with Gasteiger partial charge in [-0.25, -0.2) is 8.42 Å². The fourth-order valence-electron chi connectivity index (χ4n) is 1.86. The Morgan fingerprint density at radius 3 is 2.26 bits per heavy atom. The van der Waals surface area contributed by atoms with Crippen LogP contribution in [0.5, 0.6) is 0 Å². The maximum Gasteiger partial charge on any atom is 0.181 e. The molecule has 108 valence electrons. The molecule has 1 aromatic rings. The number of aliphatic hydroxyl groups is 2. The van der Waals surface area contributed by atoms with Crippen LogP contribution >= 0.6 is 0 Å². The fourth-order valence-corrected chi connectivity index (χ4v) is 3.29. The molecule has 0 aromatic heterocycles. The second kappa shape index (κ2) is 7.62. The summed E-state index contributed by atoms with van der Waals surface area (Å²) in [5, 5.41) is 19.5. The number of sulfone groups is 1. The van der Waals surface area contributed by atoms with Gasteiger partial charge in [-0.3, -0.25) is 0 Å². The Labute approximate surface area is 115 Å². The highest BCUT2D eigenvalue weighted by molar-refractivity contribution is 7.91. The fraction of sp³-hybridized carbons (Fsp3) is 0.571. The minimum Gasteiger partial charge on any atom is -0.390 e. The molecule has 0 aliphatic carbocycles. The molecule has 0 unspecified atom stereocenters. The molecule has 0 heterocycles. The summed E-state index contributed by atoms with van der Waals surface area (Å²) in [4.78, 5) is 0.176. The minimum atomic E-state index is -3.55. The molecule has 4 nitrogen and oxygen atoms in total. The maximum absolute atomic E-state index is 12.0. The molecule has 0 fully saturated rings. The smallest absolute Gasteiger partial charge is 0.181 e. The van der Waals surface area contributed by atoms with Gasteiger partial charge in [-0.15, -0.1) is 0 Å². The zero-order valence-electron chi connectivity index (χ0n) is 11.2. The highest BCUT2D eigenvalue weighted by Crippen LogP contribution is 2.14. The SMILES string of the molecule is CCCCC[C@H](O)[C@H](O)CS(=O)(=O)c1ccccc1. The van der Waals surface area contributed by atoms with Crippen molar-refractivity contribution in [3.05, 3.63) is 30.3 Å². The third-order valence-electron chi connectivity index (χ3n) is 3.04. The van der Waals surface area contributed by atoms with Gasteiger partial charge in [0.05, 0.1) is 22.9 Å². The normalized spacial score (nSPS) is 15.1. The van der Waals surface area contributed by atoms with Gasteiger partial charge in [0.2, 0.25) is 0 Å². The first-order valence-electron chi connectivity index (χ1n) is 6.61. The Bertz CT molecular complexity index is 456. The van der Waals surface area contributed by atoms with Crippen molar-refractivity contribution < 1.29 is 18.6 Å². The topological polar surface area (TPSA) is 74.6 Å². The largest absolute Gasteiger partial charge is 0.390 e. The molecule has 0 radical (unpaired) electrons. The van der Waals surface area contributed by atoms with E-state index in [1.165, 1.54) is 12.1 Å². The zero-order chi connectivity index (χ0) is 14.3. The first-order chi connectivity index (χ1) is 8.97. The van der Waals surface area contributed by atoms with Crippen LogP contribution in [0.25, 0.3) is 0 Å². The molecule has 0 spiro atoms. The molecule has 19 heavy (non-hydrogen) atoms. The summed E-state index contributed by atoms with van der Waals surface area (Å²) < 4.78 is 24.0. The van der Waals surface area contributed by atoms with Gasteiger partial charge in [0.1, 0.15) is 0 Å². The Kier molecular flexibility index (Phi) is 6.48. The van der Waals surface area contributed by atoms with E-state index in [2.05, 4.69) is 0 Å². The summed E-state index contributed by atoms with van der Waals surface area (Å²) in [6, 6.07) is 7.99. The molecular weight excluding hydrogens is 264 g/mol. The molecule has 5 heteroatoms. The summed E-state index contributed by atoms with van der Waals surface area (Å²) in [5.74, 6) is -0.440. The molecule has 1 aromatic carbocycles. The van der Waals surface area contributed by atoms with Crippen LogP contribution in [0.3, 0.4) is 0 Å². The molecular formula is C14H22O4S. The van der Waals surface area contributed by atoms with Crippen molar-refractivity contribution in [1.82, 2.24) is 0 Å². The summed E-state index contributed by atoms with van der Waals surface area (Å²) in [6.45, 7) is 2.04. The van der Waals surface area contributed by atoms with Crippen molar-refractivity contribution in [2.24, 2.45) is 0 Å². The predicted molar refractivity (Wildman–Crippen MR) is 74.7 cm³/mol. The average molecular weight is 286 g/mol. The van der Waals surface area contributed by atoms with Gasteiger partial charge in [-0.1, -0.05) is 44.4 Å². The lowest BCUT2D eigenvalue weighted by Gasteiger charge is -2.17. The average Bonchev–Trinajstić information content (AvgIpc) is 2.39. The Morgan fingerprint density at radius 2 is 1.68 bits per heavy atom. The third-order valence-corrected chi connectivity index (χ3v) is 4.81. The molecule has 2 atom stereocenters. The van der Waals surface area contributed by atoms with Crippen LogP contribution in [0.15, 0.2) is 35.2 Å². The number of hydrogen-bond donors (Lipinski definition) is 2. The van der Waals surface area contributed by atoms with Crippen LogP contribution in [0.1, 0.15) is 32.6 Å². The third kappa shape index (κ3) is 5.30. The van der Waals surface area contributed by atoms with E-state index in [0.717, 1.165) is 19.3 Å². The van der Waals surface area contributed by atoms with Gasteiger partial charge < -0.3 is 10.2 Å². The second-order valence-corrected chi connectivity index (χ2v) is 6.76. The predicted octanol–water partition coefficient (Wildman–Crippen LogP) is 1.76. The van der Waals surface area contributed by atoms with Gasteiger partial charge in [0, 0.05) is 0 Å². The lowest BCUT2D eigenvalue weighted by atomic mass is 10.1. The standard InChI is InChI=1S/C14H22O4S/c1-2-3-5-10-13(15)14(16)11-19(17,18)12-8-6-4-7-9-12/h4,6-9,13-16H,2-3,5,10-11H2,1H3/t13-,14+/m0/s1. The van der Waals surface area contributed by atoms with E-state index in [0.29, 0.717) is 6.42 Å². The van der Waals surface area contributed by atoms with Gasteiger partial charge in [0.25, 0.3) is 0 Å². The summed E-state index contributed by atoms with van der Waals surface area (Å²) in [5.41, 5.74) is 0. The minimum absolute atomic E-state index is 0.176. The van der Waals surface area contributed by atoms with Crippen molar-refractivity contribution in [3.8, 4) is 0 Å². The molecule has 0 aliphatic rings. The molecule has 0 aliphatic heterocycles. The molecule has 0 saturated heterocycles. The van der Waals surface area contributed by atoms with E-state index < -0.39 is 27.8 Å². The highest BCUT2D eigenvalue weighted by Gasteiger charge is 2.24. The molecule has 0 bridgehead atoms. The lowest BCUT2D eigenvalue weighted by Crippen LogP contribution is -2.33. The van der Waals surface area contributed by atoms with Gasteiger partial charge in [-0.2, -0.15) is 0 Å². The summed E-state index contributed by atoms with van der Waals surface area (Å²) >= 11 is 0. The number of hydrogen-bond acceptors (Lipinski definition) is 4. The number of rotatable bonds is 8.